The normalized spacial score (nSPS) is 11.3. The zero-order valence-electron chi connectivity index (χ0n) is 10.0. The van der Waals surface area contributed by atoms with Crippen LogP contribution < -0.4 is 15.8 Å². The average Bonchev–Trinajstić information content (AvgIpc) is 2.25. The molecule has 1 aromatic carbocycles. The maximum absolute atomic E-state index is 12.1. The summed E-state index contributed by atoms with van der Waals surface area (Å²) in [6.45, 7) is 1.87. The summed E-state index contributed by atoms with van der Waals surface area (Å²) in [4.78, 5) is 11.3. The van der Waals surface area contributed by atoms with Gasteiger partial charge in [0.2, 0.25) is 15.9 Å². The van der Waals surface area contributed by atoms with Gasteiger partial charge in [0.05, 0.1) is 6.54 Å². The molecule has 0 fully saturated rings. The Bertz CT molecular complexity index is 567. The highest BCUT2D eigenvalue weighted by atomic mass is 79.9. The summed E-state index contributed by atoms with van der Waals surface area (Å²) in [6, 6.07) is 2.96. The van der Waals surface area contributed by atoms with E-state index in [2.05, 4.69) is 41.9 Å². The number of carbonyl (C=O) groups is 1. The molecule has 4 N–H and O–H groups in total. The van der Waals surface area contributed by atoms with Crippen molar-refractivity contribution in [1.29, 1.82) is 0 Å². The van der Waals surface area contributed by atoms with Crippen LogP contribution in [0.4, 0.5) is 5.69 Å². The highest BCUT2D eigenvalue weighted by Gasteiger charge is 2.22. The minimum absolute atomic E-state index is 0.00555. The molecule has 0 radical (unpaired) electrons. The number of hydrogen-bond acceptors (Lipinski definition) is 4. The summed E-state index contributed by atoms with van der Waals surface area (Å²) in [6.07, 6.45) is 0. The van der Waals surface area contributed by atoms with Crippen LogP contribution in [-0.2, 0) is 14.8 Å². The van der Waals surface area contributed by atoms with Gasteiger partial charge in [0.1, 0.15) is 4.90 Å². The minimum atomic E-state index is -3.81. The molecule has 0 saturated heterocycles. The molecule has 0 atom stereocenters. The third-order valence-corrected chi connectivity index (χ3v) is 5.36. The molecule has 0 saturated carbocycles. The number of amides is 1. The monoisotopic (exact) mass is 413 g/mol. The highest BCUT2D eigenvalue weighted by Crippen LogP contribution is 2.32. The summed E-state index contributed by atoms with van der Waals surface area (Å²) < 4.78 is 27.1. The van der Waals surface area contributed by atoms with Crippen molar-refractivity contribution in [2.45, 2.75) is 11.8 Å². The van der Waals surface area contributed by atoms with Crippen LogP contribution in [0.5, 0.6) is 0 Å². The third kappa shape index (κ3) is 4.44. The lowest BCUT2D eigenvalue weighted by Crippen LogP contribution is -2.37. The fourth-order valence-corrected chi connectivity index (χ4v) is 4.93. The van der Waals surface area contributed by atoms with Crippen molar-refractivity contribution in [2.75, 3.05) is 18.8 Å². The molecular weight excluding hydrogens is 402 g/mol. The Morgan fingerprint density at radius 2 is 1.84 bits per heavy atom. The largest absolute Gasteiger partial charge is 0.399 e. The van der Waals surface area contributed by atoms with Gasteiger partial charge in [0.25, 0.3) is 0 Å². The molecule has 19 heavy (non-hydrogen) atoms. The van der Waals surface area contributed by atoms with Crippen LogP contribution in [0.25, 0.3) is 0 Å². The molecule has 1 rings (SSSR count). The summed E-state index contributed by atoms with van der Waals surface area (Å²) in [5.41, 5.74) is 6.01. The molecule has 0 spiro atoms. The van der Waals surface area contributed by atoms with Crippen LogP contribution in [0.1, 0.15) is 6.92 Å². The van der Waals surface area contributed by atoms with Crippen molar-refractivity contribution in [3.05, 3.63) is 21.1 Å². The van der Waals surface area contributed by atoms with Gasteiger partial charge in [-0.25, -0.2) is 13.1 Å². The Balaban J connectivity index is 2.98. The van der Waals surface area contributed by atoms with Crippen molar-refractivity contribution >= 4 is 53.5 Å². The quantitative estimate of drug-likeness (QED) is 0.630. The first-order valence-corrected chi connectivity index (χ1v) is 8.35. The number of likely N-dealkylation sites (N-methyl/N-ethyl adjacent to an activating group) is 1. The zero-order chi connectivity index (χ0) is 14.6. The molecule has 106 valence electrons. The van der Waals surface area contributed by atoms with Gasteiger partial charge in [-0.15, -0.1) is 0 Å². The first kappa shape index (κ1) is 16.4. The molecule has 6 nitrogen and oxygen atoms in total. The predicted octanol–water partition coefficient (Wildman–Crippen LogP) is 1.21. The number of nitrogen functional groups attached to an aromatic ring is 1. The Hall–Kier alpha value is -0.640. The van der Waals surface area contributed by atoms with Gasteiger partial charge < -0.3 is 11.1 Å². The zero-order valence-corrected chi connectivity index (χ0v) is 14.0. The summed E-state index contributed by atoms with van der Waals surface area (Å²) in [5, 5.41) is 2.50. The molecule has 9 heteroatoms. The van der Waals surface area contributed by atoms with Crippen LogP contribution in [0.15, 0.2) is 26.0 Å². The van der Waals surface area contributed by atoms with Crippen molar-refractivity contribution in [2.24, 2.45) is 0 Å². The number of carbonyl (C=O) groups excluding carboxylic acids is 1. The second kappa shape index (κ2) is 6.69. The molecule has 0 aliphatic carbocycles. The fourth-order valence-electron chi connectivity index (χ4n) is 1.33. The number of nitrogens with one attached hydrogen (secondary N) is 2. The topological polar surface area (TPSA) is 101 Å². The number of sulfonamides is 1. The average molecular weight is 415 g/mol. The molecular formula is C10H13Br2N3O3S. The van der Waals surface area contributed by atoms with Crippen LogP contribution in [0.3, 0.4) is 0 Å². The van der Waals surface area contributed by atoms with E-state index in [0.29, 0.717) is 21.2 Å². The summed E-state index contributed by atoms with van der Waals surface area (Å²) in [7, 11) is -3.81. The molecule has 1 amide bonds. The minimum Gasteiger partial charge on any atom is -0.399 e. The van der Waals surface area contributed by atoms with E-state index in [0.717, 1.165) is 0 Å². The van der Waals surface area contributed by atoms with Gasteiger partial charge in [0, 0.05) is 21.2 Å². The lowest BCUT2D eigenvalue weighted by atomic mass is 10.3. The predicted molar refractivity (Wildman–Crippen MR) is 80.1 cm³/mol. The van der Waals surface area contributed by atoms with E-state index >= 15 is 0 Å². The van der Waals surface area contributed by atoms with E-state index in [9.17, 15) is 13.2 Å². The van der Waals surface area contributed by atoms with Gasteiger partial charge >= 0.3 is 0 Å². The van der Waals surface area contributed by atoms with Gasteiger partial charge in [-0.2, -0.15) is 0 Å². The second-order valence-electron chi connectivity index (χ2n) is 3.59. The fraction of sp³-hybridized carbons (Fsp3) is 0.300. The first-order chi connectivity index (χ1) is 8.77. The van der Waals surface area contributed by atoms with E-state index < -0.39 is 15.9 Å². The van der Waals surface area contributed by atoms with E-state index in [1.165, 1.54) is 12.1 Å². The lowest BCUT2D eigenvalue weighted by molar-refractivity contribution is -0.119. The number of rotatable bonds is 5. The maximum atomic E-state index is 12.1. The number of hydrogen-bond donors (Lipinski definition) is 3. The molecule has 0 aromatic heterocycles. The van der Waals surface area contributed by atoms with Crippen LogP contribution >= 0.6 is 31.9 Å². The number of nitrogens with two attached hydrogens (primary N) is 1. The Labute approximate surface area is 128 Å². The smallest absolute Gasteiger partial charge is 0.243 e. The highest BCUT2D eigenvalue weighted by molar-refractivity contribution is 9.11. The van der Waals surface area contributed by atoms with Gasteiger partial charge in [-0.1, -0.05) is 0 Å². The van der Waals surface area contributed by atoms with Gasteiger partial charge in [0.15, 0.2) is 0 Å². The van der Waals surface area contributed by atoms with Gasteiger partial charge in [-0.05, 0) is 50.9 Å². The number of benzene rings is 1. The van der Waals surface area contributed by atoms with Crippen molar-refractivity contribution in [3.63, 3.8) is 0 Å². The van der Waals surface area contributed by atoms with Crippen molar-refractivity contribution in [1.82, 2.24) is 10.0 Å². The Kier molecular flexibility index (Phi) is 5.78. The second-order valence-corrected chi connectivity index (χ2v) is 7.00. The van der Waals surface area contributed by atoms with Crippen LogP contribution in [-0.4, -0.2) is 27.4 Å². The van der Waals surface area contributed by atoms with Crippen LogP contribution in [0, 0.1) is 0 Å². The summed E-state index contributed by atoms with van der Waals surface area (Å²) >= 11 is 6.28. The van der Waals surface area contributed by atoms with E-state index in [-0.39, 0.29) is 11.4 Å². The number of halogens is 2. The lowest BCUT2D eigenvalue weighted by Gasteiger charge is -2.11. The SMILES string of the molecule is CCNC(=O)CNS(=O)(=O)c1c(Br)cc(N)cc1Br. The molecule has 0 aliphatic heterocycles. The molecule has 0 heterocycles. The van der Waals surface area contributed by atoms with Gasteiger partial charge in [-0.3, -0.25) is 4.79 Å². The molecule has 0 unspecified atom stereocenters. The van der Waals surface area contributed by atoms with Crippen LogP contribution in [0.2, 0.25) is 0 Å². The maximum Gasteiger partial charge on any atom is 0.243 e. The third-order valence-electron chi connectivity index (χ3n) is 2.09. The molecule has 0 bridgehead atoms. The standard InChI is InChI=1S/C10H13Br2N3O3S/c1-2-14-9(16)5-15-19(17,18)10-7(11)3-6(13)4-8(10)12/h3-4,15H,2,5,13H2,1H3,(H,14,16). The van der Waals surface area contributed by atoms with E-state index in [1.807, 2.05) is 0 Å². The number of anilines is 1. The Morgan fingerprint density at radius 1 is 1.32 bits per heavy atom. The molecule has 1 aromatic rings. The van der Waals surface area contributed by atoms with Crippen molar-refractivity contribution < 1.29 is 13.2 Å². The van der Waals surface area contributed by atoms with E-state index in [4.69, 9.17) is 5.73 Å². The Morgan fingerprint density at radius 3 is 2.32 bits per heavy atom. The van der Waals surface area contributed by atoms with E-state index in [1.54, 1.807) is 6.92 Å². The van der Waals surface area contributed by atoms with Crippen molar-refractivity contribution in [3.8, 4) is 0 Å². The molecule has 0 aliphatic rings. The first-order valence-electron chi connectivity index (χ1n) is 5.28. The summed E-state index contributed by atoms with van der Waals surface area (Å²) in [5.74, 6) is -0.395.